The van der Waals surface area contributed by atoms with Gasteiger partial charge in [0, 0.05) is 6.54 Å². The number of phenolic OH excluding ortho intramolecular Hbond substituents is 1. The van der Waals surface area contributed by atoms with E-state index >= 15 is 0 Å². The highest BCUT2D eigenvalue weighted by Gasteiger charge is 2.22. The highest BCUT2D eigenvalue weighted by molar-refractivity contribution is 5.34. The summed E-state index contributed by atoms with van der Waals surface area (Å²) in [6.07, 6.45) is 2.14. The molecule has 2 atom stereocenters. The summed E-state index contributed by atoms with van der Waals surface area (Å²) in [7, 11) is 0. The monoisotopic (exact) mass is 313 g/mol. The molecule has 0 bridgehead atoms. The third-order valence-electron chi connectivity index (χ3n) is 4.38. The summed E-state index contributed by atoms with van der Waals surface area (Å²) in [5.74, 6) is 2.08. The van der Waals surface area contributed by atoms with Crippen LogP contribution in [0.5, 0.6) is 11.5 Å². The molecule has 2 rings (SSSR count). The molecule has 2 aromatic rings. The molecule has 2 aromatic carbocycles. The van der Waals surface area contributed by atoms with Crippen LogP contribution >= 0.6 is 0 Å². The number of phenols is 1. The molecule has 0 saturated heterocycles. The summed E-state index contributed by atoms with van der Waals surface area (Å²) in [5, 5.41) is 9.50. The second-order valence-corrected chi connectivity index (χ2v) is 5.83. The maximum Gasteiger partial charge on any atom is 0.119 e. The van der Waals surface area contributed by atoms with Gasteiger partial charge in [-0.1, -0.05) is 38.1 Å². The van der Waals surface area contributed by atoms with Crippen molar-refractivity contribution < 1.29 is 9.84 Å². The van der Waals surface area contributed by atoms with Crippen molar-refractivity contribution in [2.24, 2.45) is 5.73 Å². The first-order valence-corrected chi connectivity index (χ1v) is 8.41. The van der Waals surface area contributed by atoms with Crippen molar-refractivity contribution in [2.75, 3.05) is 13.2 Å². The fourth-order valence-corrected chi connectivity index (χ4v) is 3.21. The van der Waals surface area contributed by atoms with Crippen LogP contribution < -0.4 is 10.5 Å². The molecule has 0 aliphatic heterocycles. The lowest BCUT2D eigenvalue weighted by atomic mass is 9.78. The SMILES string of the molecule is CC[C@H](c1ccc(O)cc1)[C@@H](CC)c1ccc(OCCN)cc1. The Balaban J connectivity index is 2.20. The average Bonchev–Trinajstić information content (AvgIpc) is 2.59. The molecule has 124 valence electrons. The zero-order valence-corrected chi connectivity index (χ0v) is 14.0. The van der Waals surface area contributed by atoms with E-state index in [-0.39, 0.29) is 0 Å². The van der Waals surface area contributed by atoms with Crippen molar-refractivity contribution >= 4 is 0 Å². The molecular formula is C20H27NO2. The third kappa shape index (κ3) is 4.49. The van der Waals surface area contributed by atoms with Crippen LogP contribution in [0.4, 0.5) is 0 Å². The van der Waals surface area contributed by atoms with Gasteiger partial charge in [-0.15, -0.1) is 0 Å². The molecule has 0 aliphatic rings. The van der Waals surface area contributed by atoms with Gasteiger partial charge in [0.1, 0.15) is 18.1 Å². The number of hydrogen-bond acceptors (Lipinski definition) is 3. The van der Waals surface area contributed by atoms with Gasteiger partial charge in [-0.05, 0) is 60.1 Å². The van der Waals surface area contributed by atoms with E-state index in [1.54, 1.807) is 12.1 Å². The number of aromatic hydroxyl groups is 1. The number of rotatable bonds is 8. The second-order valence-electron chi connectivity index (χ2n) is 5.83. The van der Waals surface area contributed by atoms with Gasteiger partial charge in [-0.3, -0.25) is 0 Å². The van der Waals surface area contributed by atoms with Crippen LogP contribution in [0.25, 0.3) is 0 Å². The van der Waals surface area contributed by atoms with Crippen molar-refractivity contribution in [3.05, 3.63) is 59.7 Å². The largest absolute Gasteiger partial charge is 0.508 e. The zero-order chi connectivity index (χ0) is 16.7. The fourth-order valence-electron chi connectivity index (χ4n) is 3.21. The van der Waals surface area contributed by atoms with Crippen molar-refractivity contribution in [1.82, 2.24) is 0 Å². The lowest BCUT2D eigenvalue weighted by molar-refractivity contribution is 0.328. The van der Waals surface area contributed by atoms with Gasteiger partial charge < -0.3 is 15.6 Å². The van der Waals surface area contributed by atoms with Crippen molar-refractivity contribution in [3.63, 3.8) is 0 Å². The fraction of sp³-hybridized carbons (Fsp3) is 0.400. The van der Waals surface area contributed by atoms with Crippen molar-refractivity contribution in [1.29, 1.82) is 0 Å². The predicted octanol–water partition coefficient (Wildman–Crippen LogP) is 4.42. The predicted molar refractivity (Wildman–Crippen MR) is 95.2 cm³/mol. The Morgan fingerprint density at radius 3 is 1.78 bits per heavy atom. The van der Waals surface area contributed by atoms with Gasteiger partial charge in [-0.25, -0.2) is 0 Å². The number of nitrogens with two attached hydrogens (primary N) is 1. The van der Waals surface area contributed by atoms with Crippen LogP contribution in [0.3, 0.4) is 0 Å². The molecule has 0 unspecified atom stereocenters. The van der Waals surface area contributed by atoms with E-state index in [1.807, 2.05) is 24.3 Å². The van der Waals surface area contributed by atoms with E-state index in [0.717, 1.165) is 18.6 Å². The first-order valence-electron chi connectivity index (χ1n) is 8.41. The molecular weight excluding hydrogens is 286 g/mol. The minimum atomic E-state index is 0.318. The standard InChI is InChI=1S/C20H27NO2/c1-3-19(15-5-9-17(22)10-6-15)20(4-2)16-7-11-18(12-8-16)23-14-13-21/h5-12,19-20,22H,3-4,13-14,21H2,1-2H3/t19-,20+/m1/s1. The van der Waals surface area contributed by atoms with Crippen LogP contribution in [0.1, 0.15) is 49.7 Å². The highest BCUT2D eigenvalue weighted by atomic mass is 16.5. The average molecular weight is 313 g/mol. The Kier molecular flexibility index (Phi) is 6.48. The van der Waals surface area contributed by atoms with E-state index in [2.05, 4.69) is 26.0 Å². The van der Waals surface area contributed by atoms with E-state index in [1.165, 1.54) is 11.1 Å². The molecule has 0 aliphatic carbocycles. The molecule has 0 amide bonds. The normalized spacial score (nSPS) is 13.5. The Bertz CT molecular complexity index is 578. The number of hydrogen-bond donors (Lipinski definition) is 2. The minimum Gasteiger partial charge on any atom is -0.508 e. The Morgan fingerprint density at radius 1 is 0.870 bits per heavy atom. The lowest BCUT2D eigenvalue weighted by Gasteiger charge is -2.26. The third-order valence-corrected chi connectivity index (χ3v) is 4.38. The van der Waals surface area contributed by atoms with Crippen molar-refractivity contribution in [2.45, 2.75) is 38.5 Å². The highest BCUT2D eigenvalue weighted by Crippen LogP contribution is 2.38. The van der Waals surface area contributed by atoms with Crippen LogP contribution in [0.15, 0.2) is 48.5 Å². The number of ether oxygens (including phenoxy) is 1. The van der Waals surface area contributed by atoms with Gasteiger partial charge in [-0.2, -0.15) is 0 Å². The summed E-state index contributed by atoms with van der Waals surface area (Å²) in [5.41, 5.74) is 8.07. The van der Waals surface area contributed by atoms with E-state index < -0.39 is 0 Å². The van der Waals surface area contributed by atoms with Gasteiger partial charge in [0.2, 0.25) is 0 Å². The molecule has 3 N–H and O–H groups in total. The van der Waals surface area contributed by atoms with Gasteiger partial charge in [0.05, 0.1) is 0 Å². The first kappa shape index (κ1) is 17.4. The summed E-state index contributed by atoms with van der Waals surface area (Å²) in [4.78, 5) is 0. The van der Waals surface area contributed by atoms with E-state index in [9.17, 15) is 5.11 Å². The molecule has 0 aromatic heterocycles. The molecule has 0 radical (unpaired) electrons. The Labute approximate surface area is 139 Å². The van der Waals surface area contributed by atoms with E-state index in [0.29, 0.717) is 30.7 Å². The van der Waals surface area contributed by atoms with Crippen LogP contribution in [0, 0.1) is 0 Å². The molecule has 0 saturated carbocycles. The maximum absolute atomic E-state index is 9.50. The van der Waals surface area contributed by atoms with Gasteiger partial charge in [0.25, 0.3) is 0 Å². The molecule has 3 heteroatoms. The van der Waals surface area contributed by atoms with Crippen LogP contribution in [-0.2, 0) is 0 Å². The molecule has 23 heavy (non-hydrogen) atoms. The summed E-state index contributed by atoms with van der Waals surface area (Å²) in [6.45, 7) is 5.52. The minimum absolute atomic E-state index is 0.318. The lowest BCUT2D eigenvalue weighted by Crippen LogP contribution is -2.11. The Hall–Kier alpha value is -2.00. The van der Waals surface area contributed by atoms with Gasteiger partial charge >= 0.3 is 0 Å². The van der Waals surface area contributed by atoms with E-state index in [4.69, 9.17) is 10.5 Å². The van der Waals surface area contributed by atoms with Crippen LogP contribution in [0.2, 0.25) is 0 Å². The number of benzene rings is 2. The topological polar surface area (TPSA) is 55.5 Å². The summed E-state index contributed by atoms with van der Waals surface area (Å²) < 4.78 is 5.56. The first-order chi connectivity index (χ1) is 11.2. The molecule has 0 spiro atoms. The van der Waals surface area contributed by atoms with Gasteiger partial charge in [0.15, 0.2) is 0 Å². The second kappa shape index (κ2) is 8.59. The summed E-state index contributed by atoms with van der Waals surface area (Å²) in [6, 6.07) is 16.0. The maximum atomic E-state index is 9.50. The molecule has 0 heterocycles. The quantitative estimate of drug-likeness (QED) is 0.758. The Morgan fingerprint density at radius 2 is 1.35 bits per heavy atom. The zero-order valence-electron chi connectivity index (χ0n) is 14.0. The van der Waals surface area contributed by atoms with Crippen molar-refractivity contribution in [3.8, 4) is 11.5 Å². The molecule has 0 fully saturated rings. The summed E-state index contributed by atoms with van der Waals surface area (Å²) >= 11 is 0. The van der Waals surface area contributed by atoms with Crippen LogP contribution in [-0.4, -0.2) is 18.3 Å². The smallest absolute Gasteiger partial charge is 0.119 e. The molecule has 3 nitrogen and oxygen atoms in total.